The summed E-state index contributed by atoms with van der Waals surface area (Å²) in [5.41, 5.74) is 3.69. The van der Waals surface area contributed by atoms with Crippen molar-refractivity contribution in [1.29, 1.82) is 0 Å². The van der Waals surface area contributed by atoms with Crippen molar-refractivity contribution in [2.24, 2.45) is 0 Å². The number of fused-ring (bicyclic) bond motifs is 1. The number of benzene rings is 4. The third kappa shape index (κ3) is 4.88. The second-order valence-corrected chi connectivity index (χ2v) is 6.98. The second kappa shape index (κ2) is 9.04. The summed E-state index contributed by atoms with van der Waals surface area (Å²) < 4.78 is 0. The summed E-state index contributed by atoms with van der Waals surface area (Å²) in [4.78, 5) is 2.40. The molecule has 4 aromatic rings. The minimum Gasteiger partial charge on any atom is -0.284 e. The Morgan fingerprint density at radius 1 is 0.571 bits per heavy atom. The number of rotatable bonds is 5. The lowest BCUT2D eigenvalue weighted by molar-refractivity contribution is 0.291. The van der Waals surface area contributed by atoms with Gasteiger partial charge in [0.2, 0.25) is 0 Å². The van der Waals surface area contributed by atoms with Gasteiger partial charge in [0.25, 0.3) is 0 Å². The molecule has 0 bridgehead atoms. The maximum absolute atomic E-state index is 3.36. The van der Waals surface area contributed by atoms with Gasteiger partial charge in [0, 0.05) is 18.7 Å². The molecule has 0 fully saturated rings. The molecule has 0 aliphatic heterocycles. The van der Waals surface area contributed by atoms with Crippen LogP contribution >= 0.6 is 0 Å². The lowest BCUT2D eigenvalue weighted by Crippen LogP contribution is -2.23. The van der Waals surface area contributed by atoms with Crippen LogP contribution in [0, 0.1) is 11.8 Å². The first kappa shape index (κ1) is 18.0. The summed E-state index contributed by atoms with van der Waals surface area (Å²) in [6.07, 6.45) is 0. The van der Waals surface area contributed by atoms with E-state index >= 15 is 0 Å². The SMILES string of the molecule is C(#Cc1ccccc1)CN(Cc1ccccc1)Cc1ccc2ccccc2c1. The molecule has 0 aromatic heterocycles. The van der Waals surface area contributed by atoms with Gasteiger partial charge in [-0.2, -0.15) is 0 Å². The zero-order valence-corrected chi connectivity index (χ0v) is 15.9. The van der Waals surface area contributed by atoms with Crippen molar-refractivity contribution in [1.82, 2.24) is 4.90 Å². The molecule has 4 aromatic carbocycles. The molecule has 0 radical (unpaired) electrons. The van der Waals surface area contributed by atoms with E-state index in [1.807, 2.05) is 18.2 Å². The van der Waals surface area contributed by atoms with E-state index in [0.29, 0.717) is 0 Å². The highest BCUT2D eigenvalue weighted by molar-refractivity contribution is 5.82. The van der Waals surface area contributed by atoms with Crippen LogP contribution in [0.5, 0.6) is 0 Å². The van der Waals surface area contributed by atoms with E-state index in [4.69, 9.17) is 0 Å². The van der Waals surface area contributed by atoms with Crippen LogP contribution in [-0.2, 0) is 13.1 Å². The Labute approximate surface area is 167 Å². The van der Waals surface area contributed by atoms with Crippen LogP contribution in [0.2, 0.25) is 0 Å². The molecule has 0 atom stereocenters. The maximum atomic E-state index is 3.36. The molecular weight excluding hydrogens is 338 g/mol. The molecule has 0 amide bonds. The minimum absolute atomic E-state index is 0.733. The molecule has 4 rings (SSSR count). The van der Waals surface area contributed by atoms with Crippen LogP contribution < -0.4 is 0 Å². The Morgan fingerprint density at radius 2 is 1.21 bits per heavy atom. The van der Waals surface area contributed by atoms with E-state index in [2.05, 4.69) is 102 Å². The molecule has 1 nitrogen and oxygen atoms in total. The van der Waals surface area contributed by atoms with Crippen molar-refractivity contribution in [3.05, 3.63) is 120 Å². The van der Waals surface area contributed by atoms with Crippen LogP contribution in [0.4, 0.5) is 0 Å². The number of nitrogens with zero attached hydrogens (tertiary/aromatic N) is 1. The summed E-state index contributed by atoms with van der Waals surface area (Å²) in [7, 11) is 0. The highest BCUT2D eigenvalue weighted by Gasteiger charge is 2.07. The third-order valence-corrected chi connectivity index (χ3v) is 4.78. The predicted molar refractivity (Wildman–Crippen MR) is 118 cm³/mol. The van der Waals surface area contributed by atoms with Crippen LogP contribution in [0.3, 0.4) is 0 Å². The van der Waals surface area contributed by atoms with Crippen LogP contribution in [0.1, 0.15) is 16.7 Å². The monoisotopic (exact) mass is 361 g/mol. The molecule has 0 N–H and O–H groups in total. The Kier molecular flexibility index (Phi) is 5.83. The van der Waals surface area contributed by atoms with Crippen LogP contribution in [0.15, 0.2) is 103 Å². The smallest absolute Gasteiger partial charge is 0.0611 e. The topological polar surface area (TPSA) is 3.24 Å². The average Bonchev–Trinajstić information content (AvgIpc) is 2.75. The fourth-order valence-corrected chi connectivity index (χ4v) is 3.38. The van der Waals surface area contributed by atoms with E-state index < -0.39 is 0 Å². The van der Waals surface area contributed by atoms with Gasteiger partial charge in [-0.15, -0.1) is 0 Å². The van der Waals surface area contributed by atoms with Crippen molar-refractivity contribution in [2.45, 2.75) is 13.1 Å². The van der Waals surface area contributed by atoms with E-state index in [9.17, 15) is 0 Å². The van der Waals surface area contributed by atoms with Gasteiger partial charge in [-0.05, 0) is 40.1 Å². The summed E-state index contributed by atoms with van der Waals surface area (Å²) >= 11 is 0. The molecule has 0 saturated heterocycles. The molecule has 0 heterocycles. The van der Waals surface area contributed by atoms with Gasteiger partial charge >= 0.3 is 0 Å². The Balaban J connectivity index is 1.53. The Hall–Kier alpha value is -3.34. The summed E-state index contributed by atoms with van der Waals surface area (Å²) in [5, 5.41) is 2.57. The van der Waals surface area contributed by atoms with Crippen LogP contribution in [0.25, 0.3) is 10.8 Å². The molecule has 0 aliphatic rings. The lowest BCUT2D eigenvalue weighted by Gasteiger charge is -2.20. The lowest BCUT2D eigenvalue weighted by atomic mass is 10.1. The molecule has 0 spiro atoms. The quantitative estimate of drug-likeness (QED) is 0.400. The highest BCUT2D eigenvalue weighted by Crippen LogP contribution is 2.17. The van der Waals surface area contributed by atoms with Gasteiger partial charge in [-0.25, -0.2) is 0 Å². The van der Waals surface area contributed by atoms with E-state index in [-0.39, 0.29) is 0 Å². The first-order chi connectivity index (χ1) is 13.9. The van der Waals surface area contributed by atoms with Crippen molar-refractivity contribution >= 4 is 10.8 Å². The fourth-order valence-electron chi connectivity index (χ4n) is 3.38. The van der Waals surface area contributed by atoms with Crippen molar-refractivity contribution in [3.8, 4) is 11.8 Å². The first-order valence-electron chi connectivity index (χ1n) is 9.65. The maximum Gasteiger partial charge on any atom is 0.0611 e. The van der Waals surface area contributed by atoms with Gasteiger partial charge in [0.1, 0.15) is 0 Å². The van der Waals surface area contributed by atoms with Gasteiger partial charge in [0.05, 0.1) is 6.54 Å². The molecule has 28 heavy (non-hydrogen) atoms. The van der Waals surface area contributed by atoms with E-state index in [1.165, 1.54) is 21.9 Å². The number of hydrogen-bond donors (Lipinski definition) is 0. The second-order valence-electron chi connectivity index (χ2n) is 6.98. The normalized spacial score (nSPS) is 10.6. The minimum atomic E-state index is 0.733. The number of hydrogen-bond acceptors (Lipinski definition) is 1. The first-order valence-corrected chi connectivity index (χ1v) is 9.65. The largest absolute Gasteiger partial charge is 0.284 e. The van der Waals surface area contributed by atoms with Crippen LogP contribution in [-0.4, -0.2) is 11.4 Å². The Morgan fingerprint density at radius 3 is 2.00 bits per heavy atom. The van der Waals surface area contributed by atoms with Crippen molar-refractivity contribution in [2.75, 3.05) is 6.54 Å². The zero-order chi connectivity index (χ0) is 19.0. The molecule has 0 aliphatic carbocycles. The van der Waals surface area contributed by atoms with Crippen molar-refractivity contribution < 1.29 is 0 Å². The highest BCUT2D eigenvalue weighted by atomic mass is 15.1. The van der Waals surface area contributed by atoms with Gasteiger partial charge < -0.3 is 0 Å². The van der Waals surface area contributed by atoms with E-state index in [0.717, 1.165) is 25.2 Å². The van der Waals surface area contributed by atoms with Gasteiger partial charge in [-0.1, -0.05) is 96.8 Å². The Bertz CT molecular complexity index is 1090. The summed E-state index contributed by atoms with van der Waals surface area (Å²) in [6, 6.07) is 36.0. The summed E-state index contributed by atoms with van der Waals surface area (Å²) in [6.45, 7) is 2.50. The molecule has 136 valence electrons. The molecule has 0 saturated carbocycles. The zero-order valence-electron chi connectivity index (χ0n) is 15.9. The standard InChI is InChI=1S/C27H23N/c1-3-10-23(11-4-1)14-9-19-28(21-24-12-5-2-6-13-24)22-25-17-18-26-15-7-8-16-27(26)20-25/h1-8,10-13,15-18,20H,19,21-22H2. The fraction of sp³-hybridized carbons (Fsp3) is 0.111. The van der Waals surface area contributed by atoms with Gasteiger partial charge in [-0.3, -0.25) is 4.90 Å². The van der Waals surface area contributed by atoms with Gasteiger partial charge in [0.15, 0.2) is 0 Å². The molecule has 0 unspecified atom stereocenters. The summed E-state index contributed by atoms with van der Waals surface area (Å²) in [5.74, 6) is 6.64. The third-order valence-electron chi connectivity index (χ3n) is 4.78. The predicted octanol–water partition coefficient (Wildman–Crippen LogP) is 5.89. The molecular formula is C27H23N. The van der Waals surface area contributed by atoms with Crippen molar-refractivity contribution in [3.63, 3.8) is 0 Å². The average molecular weight is 361 g/mol. The molecule has 1 heteroatoms. The van der Waals surface area contributed by atoms with E-state index in [1.54, 1.807) is 0 Å².